The maximum atomic E-state index is 10.2. The predicted octanol–water partition coefficient (Wildman–Crippen LogP) is 8.96. The number of aromatic nitrogens is 1. The van der Waals surface area contributed by atoms with Crippen molar-refractivity contribution in [3.05, 3.63) is 173 Å². The summed E-state index contributed by atoms with van der Waals surface area (Å²) in [5, 5.41) is 24.6. The van der Waals surface area contributed by atoms with Crippen molar-refractivity contribution < 1.29 is 14.5 Å². The summed E-state index contributed by atoms with van der Waals surface area (Å²) in [7, 11) is -1.64. The van der Waals surface area contributed by atoms with Crippen LogP contribution in [0.4, 0.5) is 0 Å². The number of nitrogens with zero attached hydrogens (tertiary/aromatic N) is 1. The predicted molar refractivity (Wildman–Crippen MR) is 199 cm³/mol. The summed E-state index contributed by atoms with van der Waals surface area (Å²) in [6.07, 6.45) is 10.2. The van der Waals surface area contributed by atoms with E-state index in [0.717, 1.165) is 33.9 Å². The third-order valence-electron chi connectivity index (χ3n) is 11.1. The fourth-order valence-corrected chi connectivity index (χ4v) is 9.23. The van der Waals surface area contributed by atoms with Crippen molar-refractivity contribution in [1.82, 2.24) is 4.57 Å². The van der Waals surface area contributed by atoms with Gasteiger partial charge in [-0.1, -0.05) is 133 Å². The SMILES string of the molecule is OB(O)c1cccc2c1oc1c(-n3c4ccccc4c4ccc5c(c43)C3=C(C=CCC=C3)C53c4ccccc4-c4ccccc43)cccc12. The average molecular weight is 630 g/mol. The van der Waals surface area contributed by atoms with Crippen molar-refractivity contribution in [2.24, 2.45) is 0 Å². The summed E-state index contributed by atoms with van der Waals surface area (Å²) in [6.45, 7) is 0. The fourth-order valence-electron chi connectivity index (χ4n) is 9.23. The summed E-state index contributed by atoms with van der Waals surface area (Å²) >= 11 is 0. The summed E-state index contributed by atoms with van der Waals surface area (Å²) in [5.74, 6) is 0. The Hall–Kier alpha value is -5.88. The molecule has 0 fully saturated rings. The van der Waals surface area contributed by atoms with Gasteiger partial charge in [0.15, 0.2) is 5.58 Å². The second-order valence-corrected chi connectivity index (χ2v) is 13.3. The van der Waals surface area contributed by atoms with Crippen molar-refractivity contribution >= 4 is 61.9 Å². The van der Waals surface area contributed by atoms with Crippen molar-refractivity contribution in [2.45, 2.75) is 11.8 Å². The van der Waals surface area contributed by atoms with Crippen LogP contribution in [0.5, 0.6) is 0 Å². The van der Waals surface area contributed by atoms with Gasteiger partial charge in [0.25, 0.3) is 0 Å². The molecule has 0 bridgehead atoms. The Labute approximate surface area is 282 Å². The number of hydrogen-bond acceptors (Lipinski definition) is 3. The van der Waals surface area contributed by atoms with E-state index in [-0.39, 0.29) is 0 Å². The highest BCUT2D eigenvalue weighted by Gasteiger charge is 2.52. The number of furan rings is 1. The first-order valence-corrected chi connectivity index (χ1v) is 16.8. The molecule has 6 aromatic carbocycles. The van der Waals surface area contributed by atoms with Crippen molar-refractivity contribution in [1.29, 1.82) is 0 Å². The maximum Gasteiger partial charge on any atom is 0.492 e. The molecule has 4 nitrogen and oxygen atoms in total. The zero-order valence-electron chi connectivity index (χ0n) is 26.4. The second kappa shape index (κ2) is 9.60. The molecule has 11 rings (SSSR count). The van der Waals surface area contributed by atoms with E-state index in [4.69, 9.17) is 4.42 Å². The lowest BCUT2D eigenvalue weighted by molar-refractivity contribution is 0.425. The van der Waals surface area contributed by atoms with Gasteiger partial charge in [-0.25, -0.2) is 0 Å². The Bertz CT molecular complexity index is 2800. The van der Waals surface area contributed by atoms with Gasteiger partial charge in [-0.05, 0) is 57.5 Å². The van der Waals surface area contributed by atoms with E-state index >= 15 is 0 Å². The monoisotopic (exact) mass is 629 g/mol. The van der Waals surface area contributed by atoms with Crippen LogP contribution in [0.25, 0.3) is 66.1 Å². The highest BCUT2D eigenvalue weighted by atomic mass is 16.4. The van der Waals surface area contributed by atoms with Crippen LogP contribution in [-0.4, -0.2) is 21.7 Å². The van der Waals surface area contributed by atoms with Gasteiger partial charge in [-0.15, -0.1) is 0 Å². The summed E-state index contributed by atoms with van der Waals surface area (Å²) in [4.78, 5) is 0. The largest absolute Gasteiger partial charge is 0.492 e. The molecule has 0 atom stereocenters. The van der Waals surface area contributed by atoms with E-state index in [1.54, 1.807) is 6.07 Å². The van der Waals surface area contributed by atoms with Crippen molar-refractivity contribution in [3.63, 3.8) is 0 Å². The molecule has 0 saturated carbocycles. The first-order valence-electron chi connectivity index (χ1n) is 16.8. The molecule has 0 saturated heterocycles. The fraction of sp³-hybridized carbons (Fsp3) is 0.0455. The lowest BCUT2D eigenvalue weighted by Crippen LogP contribution is -2.29. The van der Waals surface area contributed by atoms with E-state index in [9.17, 15) is 10.0 Å². The molecule has 2 heterocycles. The summed E-state index contributed by atoms with van der Waals surface area (Å²) in [5.41, 5.74) is 14.5. The number of fused-ring (bicyclic) bond motifs is 16. The van der Waals surface area contributed by atoms with Crippen LogP contribution in [0, 0.1) is 0 Å². The van der Waals surface area contributed by atoms with Gasteiger partial charge < -0.3 is 19.0 Å². The van der Waals surface area contributed by atoms with Gasteiger partial charge in [-0.3, -0.25) is 0 Å². The Balaban J connectivity index is 1.34. The Kier molecular flexibility index (Phi) is 5.32. The van der Waals surface area contributed by atoms with Crippen LogP contribution in [0.15, 0.2) is 156 Å². The minimum atomic E-state index is -1.64. The maximum absolute atomic E-state index is 10.2. The van der Waals surface area contributed by atoms with E-state index in [1.807, 2.05) is 12.1 Å². The number of para-hydroxylation sites is 3. The van der Waals surface area contributed by atoms with Crippen LogP contribution in [0.3, 0.4) is 0 Å². The topological polar surface area (TPSA) is 58.5 Å². The first kappa shape index (κ1) is 27.1. The van der Waals surface area contributed by atoms with Crippen LogP contribution >= 0.6 is 0 Å². The molecule has 49 heavy (non-hydrogen) atoms. The van der Waals surface area contributed by atoms with Crippen LogP contribution in [0.2, 0.25) is 0 Å². The Morgan fingerprint density at radius 1 is 0.592 bits per heavy atom. The van der Waals surface area contributed by atoms with Gasteiger partial charge in [-0.2, -0.15) is 0 Å². The van der Waals surface area contributed by atoms with Crippen LogP contribution in [-0.2, 0) is 5.41 Å². The Morgan fingerprint density at radius 3 is 2.06 bits per heavy atom. The standard InChI is InChI=1S/C44H28BNO3/c47-45(48)37-21-10-16-30-31-17-11-23-39(43(31)49-42(30)37)46-38-22-9-6-14-28(38)29-24-25-36-40(41(29)46)32-15-2-1-3-18-35(32)44(36)33-19-7-4-12-26(33)27-13-5-8-20-34(27)44/h2-25,47-48H,1H2. The third kappa shape index (κ3) is 3.27. The zero-order chi connectivity index (χ0) is 32.4. The van der Waals surface area contributed by atoms with Crippen LogP contribution in [0.1, 0.15) is 28.7 Å². The molecule has 8 aromatic rings. The number of benzene rings is 6. The molecular formula is C44H28BNO3. The van der Waals surface area contributed by atoms with E-state index < -0.39 is 12.5 Å². The molecule has 0 amide bonds. The first-order chi connectivity index (χ1) is 24.2. The summed E-state index contributed by atoms with van der Waals surface area (Å²) < 4.78 is 9.03. The van der Waals surface area contributed by atoms with Crippen molar-refractivity contribution in [3.8, 4) is 16.8 Å². The smallest absolute Gasteiger partial charge is 0.454 e. The lowest BCUT2D eigenvalue weighted by Gasteiger charge is -2.31. The minimum Gasteiger partial charge on any atom is -0.454 e. The van der Waals surface area contributed by atoms with Gasteiger partial charge in [0.05, 0.1) is 22.1 Å². The number of rotatable bonds is 2. The molecule has 3 aliphatic carbocycles. The molecule has 1 spiro atoms. The molecule has 2 N–H and O–H groups in total. The van der Waals surface area contributed by atoms with Gasteiger partial charge in [0.2, 0.25) is 0 Å². The number of allylic oxidation sites excluding steroid dienone is 6. The highest BCUT2D eigenvalue weighted by Crippen LogP contribution is 2.63. The molecular weight excluding hydrogens is 601 g/mol. The lowest BCUT2D eigenvalue weighted by atomic mass is 9.69. The second-order valence-electron chi connectivity index (χ2n) is 13.3. The summed E-state index contributed by atoms with van der Waals surface area (Å²) in [6, 6.07) is 42.9. The highest BCUT2D eigenvalue weighted by molar-refractivity contribution is 6.61. The van der Waals surface area contributed by atoms with Gasteiger partial charge >= 0.3 is 7.12 Å². The normalized spacial score (nSPS) is 15.4. The van der Waals surface area contributed by atoms with Gasteiger partial charge in [0.1, 0.15) is 5.58 Å². The molecule has 0 radical (unpaired) electrons. The zero-order valence-corrected chi connectivity index (χ0v) is 26.4. The third-order valence-corrected chi connectivity index (χ3v) is 11.1. The quantitative estimate of drug-likeness (QED) is 0.188. The van der Waals surface area contributed by atoms with Crippen molar-refractivity contribution in [2.75, 3.05) is 0 Å². The minimum absolute atomic E-state index is 0.355. The molecule has 5 heteroatoms. The molecule has 230 valence electrons. The van der Waals surface area contributed by atoms with E-state index in [0.29, 0.717) is 16.6 Å². The molecule has 0 unspecified atom stereocenters. The average Bonchev–Trinajstić information content (AvgIpc) is 3.79. The molecule has 2 aromatic heterocycles. The molecule has 3 aliphatic rings. The van der Waals surface area contributed by atoms with E-state index in [2.05, 4.69) is 132 Å². The molecule has 0 aliphatic heterocycles. The number of hydrogen-bond donors (Lipinski definition) is 2. The Morgan fingerprint density at radius 2 is 1.27 bits per heavy atom. The van der Waals surface area contributed by atoms with Gasteiger partial charge in [0, 0.05) is 32.6 Å². The van der Waals surface area contributed by atoms with Crippen LogP contribution < -0.4 is 5.46 Å². The van der Waals surface area contributed by atoms with E-state index in [1.165, 1.54) is 55.3 Å².